The van der Waals surface area contributed by atoms with Crippen LogP contribution in [0.25, 0.3) is 11.4 Å². The second-order valence-electron chi connectivity index (χ2n) is 5.73. The van der Waals surface area contributed by atoms with Crippen LogP contribution in [0.1, 0.15) is 21.6 Å². The van der Waals surface area contributed by atoms with Gasteiger partial charge in [0.2, 0.25) is 0 Å². The van der Waals surface area contributed by atoms with E-state index in [2.05, 4.69) is 15.3 Å². The zero-order valence-corrected chi connectivity index (χ0v) is 14.8. The minimum absolute atomic E-state index is 0.237. The Balaban J connectivity index is 1.82. The molecule has 1 N–H and O–H groups in total. The van der Waals surface area contributed by atoms with Crippen LogP contribution in [-0.2, 0) is 6.18 Å². The SMILES string of the molecule is Cc1nc(-c2ccc(C(F)(F)F)cc2)ncc1C(=O)Nc1cccc(Cl)c1. The molecule has 4 nitrogen and oxygen atoms in total. The van der Waals surface area contributed by atoms with Gasteiger partial charge in [0, 0.05) is 22.5 Å². The molecule has 2 aromatic carbocycles. The number of nitrogens with one attached hydrogen (secondary N) is 1. The molecule has 0 spiro atoms. The Bertz CT molecular complexity index is 988. The number of alkyl halides is 3. The van der Waals surface area contributed by atoms with Crippen molar-refractivity contribution in [2.45, 2.75) is 13.1 Å². The molecule has 0 atom stereocenters. The third-order valence-electron chi connectivity index (χ3n) is 3.78. The van der Waals surface area contributed by atoms with E-state index in [1.807, 2.05) is 0 Å². The molecule has 0 unspecified atom stereocenters. The second kappa shape index (κ2) is 7.36. The molecule has 3 rings (SSSR count). The fourth-order valence-electron chi connectivity index (χ4n) is 2.40. The van der Waals surface area contributed by atoms with Crippen molar-refractivity contribution in [1.29, 1.82) is 0 Å². The van der Waals surface area contributed by atoms with Crippen molar-refractivity contribution in [2.24, 2.45) is 0 Å². The summed E-state index contributed by atoms with van der Waals surface area (Å²) in [7, 11) is 0. The number of amides is 1. The molecule has 1 amide bonds. The molecule has 8 heteroatoms. The number of rotatable bonds is 3. The second-order valence-corrected chi connectivity index (χ2v) is 6.17. The summed E-state index contributed by atoms with van der Waals surface area (Å²) < 4.78 is 37.9. The van der Waals surface area contributed by atoms with Gasteiger partial charge in [-0.2, -0.15) is 13.2 Å². The monoisotopic (exact) mass is 391 g/mol. The van der Waals surface area contributed by atoms with Crippen LogP contribution >= 0.6 is 11.6 Å². The highest BCUT2D eigenvalue weighted by atomic mass is 35.5. The number of aryl methyl sites for hydroxylation is 1. The van der Waals surface area contributed by atoms with Crippen LogP contribution in [0.2, 0.25) is 5.02 Å². The predicted molar refractivity (Wildman–Crippen MR) is 96.6 cm³/mol. The van der Waals surface area contributed by atoms with E-state index in [9.17, 15) is 18.0 Å². The van der Waals surface area contributed by atoms with Crippen LogP contribution in [0.3, 0.4) is 0 Å². The van der Waals surface area contributed by atoms with Gasteiger partial charge >= 0.3 is 6.18 Å². The van der Waals surface area contributed by atoms with Crippen molar-refractivity contribution in [3.8, 4) is 11.4 Å². The first kappa shape index (κ1) is 18.8. The number of carbonyl (C=O) groups is 1. The molecule has 0 bridgehead atoms. The summed E-state index contributed by atoms with van der Waals surface area (Å²) in [5.74, 6) is -0.172. The molecule has 27 heavy (non-hydrogen) atoms. The molecule has 0 aliphatic carbocycles. The van der Waals surface area contributed by atoms with Crippen molar-refractivity contribution in [3.63, 3.8) is 0 Å². The third kappa shape index (κ3) is 4.43. The standard InChI is InChI=1S/C19H13ClF3N3O/c1-11-16(18(27)26-15-4-2-3-14(20)9-15)10-24-17(25-11)12-5-7-13(8-6-12)19(21,22)23/h2-10H,1H3,(H,26,27). The van der Waals surface area contributed by atoms with Crippen LogP contribution in [0.15, 0.2) is 54.7 Å². The van der Waals surface area contributed by atoms with E-state index in [1.54, 1.807) is 31.2 Å². The summed E-state index contributed by atoms with van der Waals surface area (Å²) >= 11 is 5.89. The molecule has 1 aromatic heterocycles. The summed E-state index contributed by atoms with van der Waals surface area (Å²) in [6.07, 6.45) is -3.06. The van der Waals surface area contributed by atoms with Gasteiger partial charge in [-0.1, -0.05) is 29.8 Å². The van der Waals surface area contributed by atoms with E-state index in [1.165, 1.54) is 18.3 Å². The first-order valence-electron chi connectivity index (χ1n) is 7.82. The maximum Gasteiger partial charge on any atom is 0.416 e. The first-order chi connectivity index (χ1) is 12.7. The Kier molecular flexibility index (Phi) is 5.14. The molecule has 0 saturated carbocycles. The average molecular weight is 392 g/mol. The third-order valence-corrected chi connectivity index (χ3v) is 4.01. The van der Waals surface area contributed by atoms with Crippen molar-refractivity contribution in [3.05, 3.63) is 76.6 Å². The number of anilines is 1. The Morgan fingerprint density at radius 2 is 1.81 bits per heavy atom. The lowest BCUT2D eigenvalue weighted by atomic mass is 10.1. The van der Waals surface area contributed by atoms with Crippen LogP contribution in [0.5, 0.6) is 0 Å². The van der Waals surface area contributed by atoms with Gasteiger partial charge in [-0.05, 0) is 37.3 Å². The number of hydrogen-bond acceptors (Lipinski definition) is 3. The fraction of sp³-hybridized carbons (Fsp3) is 0.105. The van der Waals surface area contributed by atoms with Gasteiger partial charge in [0.1, 0.15) is 0 Å². The van der Waals surface area contributed by atoms with E-state index in [-0.39, 0.29) is 11.4 Å². The molecular weight excluding hydrogens is 379 g/mol. The van der Waals surface area contributed by atoms with Gasteiger partial charge in [0.05, 0.1) is 16.8 Å². The summed E-state index contributed by atoms with van der Waals surface area (Å²) in [6.45, 7) is 1.63. The van der Waals surface area contributed by atoms with E-state index in [0.29, 0.717) is 22.0 Å². The number of nitrogens with zero attached hydrogens (tertiary/aromatic N) is 2. The van der Waals surface area contributed by atoms with E-state index in [0.717, 1.165) is 12.1 Å². The van der Waals surface area contributed by atoms with Gasteiger partial charge in [-0.25, -0.2) is 9.97 Å². The van der Waals surface area contributed by atoms with Crippen LogP contribution in [0, 0.1) is 6.92 Å². The summed E-state index contributed by atoms with van der Waals surface area (Å²) in [5, 5.41) is 3.18. The number of hydrogen-bond donors (Lipinski definition) is 1. The van der Waals surface area contributed by atoms with Gasteiger partial charge < -0.3 is 5.32 Å². The number of benzene rings is 2. The molecule has 1 heterocycles. The van der Waals surface area contributed by atoms with Gasteiger partial charge in [0.25, 0.3) is 5.91 Å². The van der Waals surface area contributed by atoms with E-state index in [4.69, 9.17) is 11.6 Å². The number of aromatic nitrogens is 2. The molecular formula is C19H13ClF3N3O. The zero-order valence-electron chi connectivity index (χ0n) is 14.0. The van der Waals surface area contributed by atoms with Gasteiger partial charge in [-0.3, -0.25) is 4.79 Å². The van der Waals surface area contributed by atoms with Crippen molar-refractivity contribution >= 4 is 23.2 Å². The summed E-state index contributed by atoms with van der Waals surface area (Å²) in [4.78, 5) is 20.7. The lowest BCUT2D eigenvalue weighted by Crippen LogP contribution is -2.15. The highest BCUT2D eigenvalue weighted by Crippen LogP contribution is 2.30. The topological polar surface area (TPSA) is 54.9 Å². The first-order valence-corrected chi connectivity index (χ1v) is 8.20. The predicted octanol–water partition coefficient (Wildman–Crippen LogP) is 5.38. The number of carbonyl (C=O) groups excluding carboxylic acids is 1. The molecule has 0 radical (unpaired) electrons. The molecule has 0 aliphatic rings. The normalized spacial score (nSPS) is 11.3. The number of halogens is 4. The largest absolute Gasteiger partial charge is 0.416 e. The van der Waals surface area contributed by atoms with Gasteiger partial charge in [-0.15, -0.1) is 0 Å². The Morgan fingerprint density at radius 3 is 2.41 bits per heavy atom. The molecule has 0 fully saturated rings. The highest BCUT2D eigenvalue weighted by molar-refractivity contribution is 6.31. The quantitative estimate of drug-likeness (QED) is 0.652. The molecule has 3 aromatic rings. The maximum absolute atomic E-state index is 12.6. The van der Waals surface area contributed by atoms with Crippen LogP contribution in [-0.4, -0.2) is 15.9 Å². The maximum atomic E-state index is 12.6. The average Bonchev–Trinajstić information content (AvgIpc) is 2.61. The highest BCUT2D eigenvalue weighted by Gasteiger charge is 2.30. The van der Waals surface area contributed by atoms with Gasteiger partial charge in [0.15, 0.2) is 5.82 Å². The van der Waals surface area contributed by atoms with Crippen molar-refractivity contribution in [2.75, 3.05) is 5.32 Å². The van der Waals surface area contributed by atoms with Crippen LogP contribution in [0.4, 0.5) is 18.9 Å². The smallest absolute Gasteiger partial charge is 0.322 e. The molecule has 138 valence electrons. The molecule has 0 saturated heterocycles. The zero-order chi connectivity index (χ0) is 19.6. The minimum atomic E-state index is -4.41. The Hall–Kier alpha value is -2.93. The lowest BCUT2D eigenvalue weighted by Gasteiger charge is -2.10. The minimum Gasteiger partial charge on any atom is -0.322 e. The van der Waals surface area contributed by atoms with Crippen molar-refractivity contribution in [1.82, 2.24) is 9.97 Å². The van der Waals surface area contributed by atoms with E-state index >= 15 is 0 Å². The van der Waals surface area contributed by atoms with Crippen molar-refractivity contribution < 1.29 is 18.0 Å². The lowest BCUT2D eigenvalue weighted by molar-refractivity contribution is -0.137. The fourth-order valence-corrected chi connectivity index (χ4v) is 2.59. The Labute approximate surface area is 158 Å². The van der Waals surface area contributed by atoms with E-state index < -0.39 is 17.6 Å². The van der Waals surface area contributed by atoms with Crippen LogP contribution < -0.4 is 5.32 Å². The Morgan fingerprint density at radius 1 is 1.11 bits per heavy atom. The molecule has 0 aliphatic heterocycles. The summed E-state index contributed by atoms with van der Waals surface area (Å²) in [5.41, 5.74) is 0.858. The summed E-state index contributed by atoms with van der Waals surface area (Å²) in [6, 6.07) is 11.2.